The quantitative estimate of drug-likeness (QED) is 0.682. The molecule has 1 N–H and O–H groups in total. The first-order valence-corrected chi connectivity index (χ1v) is 4.12. The van der Waals surface area contributed by atoms with E-state index in [9.17, 15) is 0 Å². The summed E-state index contributed by atoms with van der Waals surface area (Å²) in [5.74, 6) is 0.898. The van der Waals surface area contributed by atoms with Crippen LogP contribution in [0.25, 0.3) is 6.08 Å². The standard InChI is InChI=1S/C10H11NO/c1-2-9-7-8-5-3-4-6-10(8)12-11-9/h3-7,11H,2H2,1H3. The van der Waals surface area contributed by atoms with Crippen molar-refractivity contribution in [2.45, 2.75) is 13.3 Å². The van der Waals surface area contributed by atoms with E-state index in [4.69, 9.17) is 4.84 Å². The molecule has 0 aliphatic carbocycles. The molecule has 2 rings (SSSR count). The molecule has 12 heavy (non-hydrogen) atoms. The second-order valence-corrected chi connectivity index (χ2v) is 2.77. The van der Waals surface area contributed by atoms with Crippen LogP contribution >= 0.6 is 0 Å². The summed E-state index contributed by atoms with van der Waals surface area (Å²) in [5, 5.41) is 0. The van der Waals surface area contributed by atoms with E-state index in [0.717, 1.165) is 23.4 Å². The van der Waals surface area contributed by atoms with Gasteiger partial charge in [0.2, 0.25) is 0 Å². The molecule has 0 saturated carbocycles. The number of hydroxylamine groups is 1. The molecule has 1 aromatic carbocycles. The molecule has 2 heteroatoms. The zero-order chi connectivity index (χ0) is 8.39. The van der Waals surface area contributed by atoms with E-state index in [0.29, 0.717) is 0 Å². The van der Waals surface area contributed by atoms with Crippen LogP contribution in [0.1, 0.15) is 18.9 Å². The molecule has 0 aromatic heterocycles. The maximum atomic E-state index is 5.31. The minimum Gasteiger partial charge on any atom is -0.382 e. The van der Waals surface area contributed by atoms with E-state index in [1.54, 1.807) is 0 Å². The maximum absolute atomic E-state index is 5.31. The molecule has 0 unspecified atom stereocenters. The molecular formula is C10H11NO. The average molecular weight is 161 g/mol. The van der Waals surface area contributed by atoms with Crippen LogP contribution in [-0.2, 0) is 0 Å². The number of hydrogen-bond donors (Lipinski definition) is 1. The van der Waals surface area contributed by atoms with Crippen molar-refractivity contribution >= 4 is 6.08 Å². The summed E-state index contributed by atoms with van der Waals surface area (Å²) >= 11 is 0. The zero-order valence-corrected chi connectivity index (χ0v) is 7.00. The van der Waals surface area contributed by atoms with Crippen LogP contribution in [-0.4, -0.2) is 0 Å². The lowest BCUT2D eigenvalue weighted by Crippen LogP contribution is -2.20. The molecule has 1 aliphatic heterocycles. The van der Waals surface area contributed by atoms with E-state index in [-0.39, 0.29) is 0 Å². The predicted octanol–water partition coefficient (Wildman–Crippen LogP) is 2.33. The Morgan fingerprint density at radius 2 is 2.17 bits per heavy atom. The van der Waals surface area contributed by atoms with Crippen molar-refractivity contribution < 1.29 is 4.84 Å². The Morgan fingerprint density at radius 1 is 1.33 bits per heavy atom. The highest BCUT2D eigenvalue weighted by Crippen LogP contribution is 2.23. The van der Waals surface area contributed by atoms with Crippen molar-refractivity contribution in [2.75, 3.05) is 0 Å². The normalized spacial score (nSPS) is 13.9. The highest BCUT2D eigenvalue weighted by atomic mass is 16.6. The van der Waals surface area contributed by atoms with Gasteiger partial charge in [-0.3, -0.25) is 0 Å². The molecule has 0 bridgehead atoms. The van der Waals surface area contributed by atoms with Crippen LogP contribution in [0.5, 0.6) is 5.75 Å². The Morgan fingerprint density at radius 3 is 3.00 bits per heavy atom. The predicted molar refractivity (Wildman–Crippen MR) is 48.5 cm³/mol. The first-order chi connectivity index (χ1) is 5.90. The van der Waals surface area contributed by atoms with Crippen LogP contribution in [0, 0.1) is 0 Å². The second-order valence-electron chi connectivity index (χ2n) is 2.77. The minimum atomic E-state index is 0.898. The molecule has 0 atom stereocenters. The van der Waals surface area contributed by atoms with Crippen LogP contribution < -0.4 is 10.3 Å². The van der Waals surface area contributed by atoms with Crippen molar-refractivity contribution in [1.29, 1.82) is 0 Å². The van der Waals surface area contributed by atoms with Gasteiger partial charge in [0.25, 0.3) is 0 Å². The van der Waals surface area contributed by atoms with Crippen molar-refractivity contribution in [3.8, 4) is 5.75 Å². The van der Waals surface area contributed by atoms with Crippen LogP contribution in [0.3, 0.4) is 0 Å². The molecule has 0 amide bonds. The first-order valence-electron chi connectivity index (χ1n) is 4.12. The van der Waals surface area contributed by atoms with Gasteiger partial charge in [0, 0.05) is 11.3 Å². The van der Waals surface area contributed by atoms with Crippen LogP contribution in [0.4, 0.5) is 0 Å². The first kappa shape index (κ1) is 7.22. The molecule has 62 valence electrons. The van der Waals surface area contributed by atoms with E-state index in [2.05, 4.69) is 18.5 Å². The third kappa shape index (κ3) is 1.16. The summed E-state index contributed by atoms with van der Waals surface area (Å²) in [6.45, 7) is 2.09. The van der Waals surface area contributed by atoms with E-state index < -0.39 is 0 Å². The summed E-state index contributed by atoms with van der Waals surface area (Å²) in [7, 11) is 0. The third-order valence-corrected chi connectivity index (χ3v) is 1.92. The minimum absolute atomic E-state index is 0.898. The number of hydrogen-bond acceptors (Lipinski definition) is 2. The van der Waals surface area contributed by atoms with Gasteiger partial charge in [-0.1, -0.05) is 25.1 Å². The zero-order valence-electron chi connectivity index (χ0n) is 7.00. The van der Waals surface area contributed by atoms with Gasteiger partial charge >= 0.3 is 0 Å². The Labute approximate surface area is 71.8 Å². The van der Waals surface area contributed by atoms with E-state index >= 15 is 0 Å². The lowest BCUT2D eigenvalue weighted by Gasteiger charge is -2.17. The number of allylic oxidation sites excluding steroid dienone is 1. The highest BCUT2D eigenvalue weighted by molar-refractivity contribution is 5.60. The number of rotatable bonds is 1. The number of para-hydroxylation sites is 1. The van der Waals surface area contributed by atoms with Gasteiger partial charge in [0.1, 0.15) is 0 Å². The molecule has 0 spiro atoms. The smallest absolute Gasteiger partial charge is 0.162 e. The van der Waals surface area contributed by atoms with Gasteiger partial charge in [-0.05, 0) is 18.6 Å². The Kier molecular flexibility index (Phi) is 1.74. The number of nitrogens with one attached hydrogen (secondary N) is 1. The summed E-state index contributed by atoms with van der Waals surface area (Å²) < 4.78 is 0. The summed E-state index contributed by atoms with van der Waals surface area (Å²) in [6, 6.07) is 7.97. The molecule has 0 fully saturated rings. The van der Waals surface area contributed by atoms with Gasteiger partial charge < -0.3 is 4.84 Å². The Balaban J connectivity index is 2.41. The van der Waals surface area contributed by atoms with Crippen molar-refractivity contribution in [1.82, 2.24) is 5.48 Å². The summed E-state index contributed by atoms with van der Waals surface area (Å²) in [6.07, 6.45) is 3.08. The summed E-state index contributed by atoms with van der Waals surface area (Å²) in [4.78, 5) is 5.31. The fourth-order valence-corrected chi connectivity index (χ4v) is 1.20. The van der Waals surface area contributed by atoms with E-state index in [1.807, 2.05) is 24.3 Å². The van der Waals surface area contributed by atoms with Crippen LogP contribution in [0.2, 0.25) is 0 Å². The molecule has 2 nitrogen and oxygen atoms in total. The van der Waals surface area contributed by atoms with Crippen molar-refractivity contribution in [3.05, 3.63) is 35.5 Å². The Bertz CT molecular complexity index is 317. The van der Waals surface area contributed by atoms with Crippen molar-refractivity contribution in [3.63, 3.8) is 0 Å². The van der Waals surface area contributed by atoms with Gasteiger partial charge in [0.05, 0.1) is 0 Å². The highest BCUT2D eigenvalue weighted by Gasteiger charge is 2.07. The largest absolute Gasteiger partial charge is 0.382 e. The van der Waals surface area contributed by atoms with Gasteiger partial charge in [-0.15, -0.1) is 0 Å². The molecule has 1 heterocycles. The van der Waals surface area contributed by atoms with Crippen molar-refractivity contribution in [2.24, 2.45) is 0 Å². The maximum Gasteiger partial charge on any atom is 0.162 e. The average Bonchev–Trinajstić information content (AvgIpc) is 2.17. The molecular weight excluding hydrogens is 150 g/mol. The molecule has 1 aliphatic rings. The summed E-state index contributed by atoms with van der Waals surface area (Å²) in [5.41, 5.74) is 5.15. The SMILES string of the molecule is CCC1=Cc2ccccc2ON1. The van der Waals surface area contributed by atoms with Gasteiger partial charge in [-0.2, -0.15) is 0 Å². The lowest BCUT2D eigenvalue weighted by atomic mass is 10.1. The number of fused-ring (bicyclic) bond motifs is 1. The third-order valence-electron chi connectivity index (χ3n) is 1.92. The second kappa shape index (κ2) is 2.89. The molecule has 1 aromatic rings. The fourth-order valence-electron chi connectivity index (χ4n) is 1.20. The van der Waals surface area contributed by atoms with Crippen LogP contribution in [0.15, 0.2) is 30.0 Å². The van der Waals surface area contributed by atoms with Gasteiger partial charge in [0.15, 0.2) is 5.75 Å². The Hall–Kier alpha value is -1.44. The fraction of sp³-hybridized carbons (Fsp3) is 0.200. The number of benzene rings is 1. The van der Waals surface area contributed by atoms with E-state index in [1.165, 1.54) is 0 Å². The lowest BCUT2D eigenvalue weighted by molar-refractivity contribution is 0.221. The topological polar surface area (TPSA) is 21.3 Å². The molecule has 0 saturated heterocycles. The monoisotopic (exact) mass is 161 g/mol. The molecule has 0 radical (unpaired) electrons. The van der Waals surface area contributed by atoms with Gasteiger partial charge in [-0.25, -0.2) is 5.48 Å².